The molecular formula is C64H64N14O9S6. The molecule has 7 atom stereocenters. The van der Waals surface area contributed by atoms with Gasteiger partial charge in [0.25, 0.3) is 17.7 Å². The maximum absolute atomic E-state index is 15.3. The predicted octanol–water partition coefficient (Wildman–Crippen LogP) is 8.03. The Hall–Kier alpha value is -7.97. The van der Waals surface area contributed by atoms with Crippen LogP contribution in [0, 0.1) is 12.8 Å². The number of nitrogens with zero attached hydrogens (tertiary/aromatic N) is 11. The zero-order valence-electron chi connectivity index (χ0n) is 50.4. The zero-order chi connectivity index (χ0) is 64.6. The number of pyridine rings is 1. The van der Waals surface area contributed by atoms with Gasteiger partial charge in [-0.15, -0.1) is 68.0 Å². The van der Waals surface area contributed by atoms with Crippen molar-refractivity contribution in [1.82, 2.24) is 65.1 Å². The van der Waals surface area contributed by atoms with Crippen molar-refractivity contribution in [3.05, 3.63) is 147 Å². The molecule has 10 bridgehead atoms. The number of fused-ring (bicyclic) bond motifs is 16. The molecule has 0 radical (unpaired) electrons. The summed E-state index contributed by atoms with van der Waals surface area (Å²) in [7, 11) is 0. The van der Waals surface area contributed by atoms with Crippen molar-refractivity contribution in [3.8, 4) is 49.1 Å². The number of aromatic hydroxyl groups is 1. The number of carbonyl (C=O) groups excluding carboxylic acids is 6. The lowest BCUT2D eigenvalue weighted by atomic mass is 9.90. The van der Waals surface area contributed by atoms with Gasteiger partial charge >= 0.3 is 0 Å². The topological polar surface area (TPSA) is 316 Å². The first-order chi connectivity index (χ1) is 45.0. The number of rotatable bonds is 11. The van der Waals surface area contributed by atoms with Gasteiger partial charge in [-0.3, -0.25) is 33.7 Å². The van der Waals surface area contributed by atoms with E-state index in [4.69, 9.17) is 40.6 Å². The predicted molar refractivity (Wildman–Crippen MR) is 355 cm³/mol. The highest BCUT2D eigenvalue weighted by molar-refractivity contribution is 7.15. The quantitative estimate of drug-likeness (QED) is 0.0713. The van der Waals surface area contributed by atoms with Crippen LogP contribution in [0.5, 0.6) is 5.75 Å². The van der Waals surface area contributed by atoms with Crippen LogP contribution in [0.4, 0.5) is 0 Å². The molecule has 0 spiro atoms. The maximum Gasteiger partial charge on any atom is 0.273 e. The number of nitrogens with one attached hydrogen (secondary N) is 2. The molecule has 480 valence electrons. The van der Waals surface area contributed by atoms with Gasteiger partial charge in [0.1, 0.15) is 76.7 Å². The molecule has 3 fully saturated rings. The Morgan fingerprint density at radius 2 is 1.29 bits per heavy atom. The number of piperazine rings is 1. The molecule has 7 aromatic heterocycles. The van der Waals surface area contributed by atoms with Gasteiger partial charge in [-0.2, -0.15) is 0 Å². The number of Topliss-reactive ketones (excluding diaryl/α,β-unsaturated/α-hetero) is 1. The Morgan fingerprint density at radius 1 is 0.656 bits per heavy atom. The minimum atomic E-state index is -1.29. The van der Waals surface area contributed by atoms with Crippen LogP contribution in [0.1, 0.15) is 130 Å². The fraction of sp³-hybridized carbons (Fsp3) is 0.359. The summed E-state index contributed by atoms with van der Waals surface area (Å²) in [6.07, 6.45) is -0.475. The number of phenols is 1. The molecule has 4 aliphatic rings. The first kappa shape index (κ1) is 63.8. The second-order valence-electron chi connectivity index (χ2n) is 23.5. The lowest BCUT2D eigenvalue weighted by molar-refractivity contribution is -0.134. The van der Waals surface area contributed by atoms with Crippen molar-refractivity contribution >= 4 is 103 Å². The van der Waals surface area contributed by atoms with E-state index in [1.165, 1.54) is 75.7 Å². The standard InChI is InChI=1S/C64H64N14O9S6/c1-33-49(81)27-78-53(33)62-72-46(31-92-62)60-69-43(28-90-60)52-38(14-15-40(66-52)59-73-47(32-91-59)63(86)77-22-20-76(21-23-77)19-18-75-16-6-7-17-75)57-70-44(29-88-57)55(84)67-41(26-50(65)82)61-74-51(34(2)93-61)48(80)25-39(54(83)36-8-4-3-5-9-36)58-71-45(30-89-58)56(85)68-42(64(78)87)24-35-10-12-37(79)13-11-35/h3-5,8-15,28-33,39,41-42,49,53-54,79,81,83H,6-7,16-27H2,1-2H3,(H2,65,82)(H,67,84)(H,68,85)/t33-,39-,41-,42-,49-,53-,54+/m0/s1. The zero-order valence-corrected chi connectivity index (χ0v) is 55.3. The van der Waals surface area contributed by atoms with E-state index in [9.17, 15) is 39.3 Å². The number of hydrogen-bond acceptors (Lipinski definition) is 24. The lowest BCUT2D eigenvalue weighted by Crippen LogP contribution is -2.50. The molecular weight excluding hydrogens is 1300 g/mol. The minimum absolute atomic E-state index is 0.00962. The van der Waals surface area contributed by atoms with Crippen molar-refractivity contribution in [2.24, 2.45) is 11.7 Å². The summed E-state index contributed by atoms with van der Waals surface area (Å²) in [5.74, 6) is -4.75. The molecule has 4 aliphatic heterocycles. The molecule has 93 heavy (non-hydrogen) atoms. The molecule has 3 saturated heterocycles. The minimum Gasteiger partial charge on any atom is -0.508 e. The summed E-state index contributed by atoms with van der Waals surface area (Å²) in [6, 6.07) is 15.6. The largest absolute Gasteiger partial charge is 0.508 e. The normalized spacial score (nSPS) is 21.3. The van der Waals surface area contributed by atoms with Crippen LogP contribution >= 0.6 is 68.0 Å². The summed E-state index contributed by atoms with van der Waals surface area (Å²) in [4.78, 5) is 129. The fourth-order valence-electron chi connectivity index (χ4n) is 12.2. The maximum atomic E-state index is 15.3. The second kappa shape index (κ2) is 27.5. The third-order valence-electron chi connectivity index (χ3n) is 17.3. The van der Waals surface area contributed by atoms with Gasteiger partial charge in [0.05, 0.1) is 41.4 Å². The van der Waals surface area contributed by atoms with E-state index in [0.29, 0.717) is 83.2 Å². The van der Waals surface area contributed by atoms with Crippen molar-refractivity contribution in [3.63, 3.8) is 0 Å². The molecule has 11 heterocycles. The smallest absolute Gasteiger partial charge is 0.273 e. The highest BCUT2D eigenvalue weighted by atomic mass is 32.1. The third-order valence-corrected chi connectivity index (χ3v) is 22.9. The van der Waals surface area contributed by atoms with Crippen LogP contribution in [0.2, 0.25) is 0 Å². The third kappa shape index (κ3) is 13.9. The van der Waals surface area contributed by atoms with Crippen molar-refractivity contribution in [2.75, 3.05) is 58.9 Å². The van der Waals surface area contributed by atoms with Gasteiger partial charge in [0, 0.05) is 108 Å². The average molecular weight is 1370 g/mol. The molecule has 0 saturated carbocycles. The van der Waals surface area contributed by atoms with Gasteiger partial charge in [-0.1, -0.05) is 49.4 Å². The molecule has 29 heteroatoms. The van der Waals surface area contributed by atoms with E-state index in [0.717, 1.165) is 61.9 Å². The number of benzene rings is 2. The van der Waals surface area contributed by atoms with Crippen LogP contribution in [0.25, 0.3) is 43.4 Å². The van der Waals surface area contributed by atoms with E-state index in [-0.39, 0.29) is 64.6 Å². The molecule has 0 unspecified atom stereocenters. The molecule has 2 aromatic carbocycles. The number of amides is 5. The number of carbonyl (C=O) groups is 6. The van der Waals surface area contributed by atoms with E-state index >= 15 is 4.79 Å². The Balaban J connectivity index is 0.862. The second-order valence-corrected chi connectivity index (χ2v) is 29.1. The van der Waals surface area contributed by atoms with Crippen LogP contribution in [0.15, 0.2) is 93.6 Å². The summed E-state index contributed by atoms with van der Waals surface area (Å²) in [6.45, 7) is 10.5. The molecule has 5 amide bonds. The fourth-order valence-corrected chi connectivity index (χ4v) is 17.6. The number of aromatic nitrogens is 7. The number of aliphatic hydroxyl groups excluding tert-OH is 2. The number of nitrogens with two attached hydrogens (primary N) is 1. The monoisotopic (exact) mass is 1360 g/mol. The summed E-state index contributed by atoms with van der Waals surface area (Å²) >= 11 is 7.24. The number of primary amides is 1. The Morgan fingerprint density at radius 3 is 2.04 bits per heavy atom. The molecule has 9 aromatic rings. The van der Waals surface area contributed by atoms with Gasteiger partial charge in [0.2, 0.25) is 11.8 Å². The van der Waals surface area contributed by atoms with Gasteiger partial charge < -0.3 is 46.4 Å². The SMILES string of the molecule is Cc1sc2nc1C(=O)C[C@@H]([C@H](O)c1ccccc1)c1nc(cs1)C(=O)N[C@@H](Cc1ccc(O)cc1)C(=O)N1C[C@H](O)[C@H](C)[C@H]1c1nc(cs1)-c1nc(cs1)-c1nc(-c3nc(C(=O)N4CCN(CCN5CCCC5)CC4)cs3)ccc1-c1nc(cs1)C(=O)N[C@H]2CC(N)=O. The summed E-state index contributed by atoms with van der Waals surface area (Å²) in [5.41, 5.74) is 9.51. The van der Waals surface area contributed by atoms with Crippen molar-refractivity contribution in [1.29, 1.82) is 0 Å². The highest BCUT2D eigenvalue weighted by Crippen LogP contribution is 2.44. The lowest BCUT2D eigenvalue weighted by Gasteiger charge is -2.35. The summed E-state index contributed by atoms with van der Waals surface area (Å²) < 4.78 is 0. The van der Waals surface area contributed by atoms with Gasteiger partial charge in [-0.05, 0) is 68.2 Å². The van der Waals surface area contributed by atoms with Gasteiger partial charge in [0.15, 0.2) is 5.78 Å². The van der Waals surface area contributed by atoms with Gasteiger partial charge in [-0.25, -0.2) is 34.9 Å². The molecule has 0 aliphatic carbocycles. The molecule has 13 rings (SSSR count). The molecule has 23 nitrogen and oxygen atoms in total. The van der Waals surface area contributed by atoms with E-state index in [2.05, 4.69) is 20.4 Å². The Labute approximate surface area is 558 Å². The van der Waals surface area contributed by atoms with E-state index < -0.39 is 71.6 Å². The Kier molecular flexibility index (Phi) is 18.9. The highest BCUT2D eigenvalue weighted by Gasteiger charge is 2.46. The number of ketones is 1. The van der Waals surface area contributed by atoms with E-state index in [1.54, 1.807) is 71.1 Å². The number of hydrogen-bond donors (Lipinski definition) is 6. The van der Waals surface area contributed by atoms with Crippen LogP contribution in [0.3, 0.4) is 0 Å². The average Bonchev–Trinajstić information content (AvgIpc) is 1.74. The van der Waals surface area contributed by atoms with Crippen molar-refractivity contribution < 1.29 is 44.1 Å². The van der Waals surface area contributed by atoms with Crippen LogP contribution in [-0.4, -0.2) is 176 Å². The molecule has 7 N–H and O–H groups in total. The van der Waals surface area contributed by atoms with Crippen LogP contribution < -0.4 is 16.4 Å². The number of thiazole rings is 6. The number of aryl methyl sites for hydroxylation is 1. The first-order valence-corrected chi connectivity index (χ1v) is 35.6. The van der Waals surface area contributed by atoms with E-state index in [1.807, 2.05) is 28.7 Å². The number of aliphatic hydroxyl groups is 2. The van der Waals surface area contributed by atoms with Crippen molar-refractivity contribution in [2.45, 2.75) is 82.2 Å². The Bertz CT molecular complexity index is 4250. The van der Waals surface area contributed by atoms with Crippen LogP contribution in [-0.2, 0) is 16.0 Å². The number of likely N-dealkylation sites (tertiary alicyclic amines) is 1. The number of phenolic OH excluding ortho intramolecular Hbond substituents is 1. The summed E-state index contributed by atoms with van der Waals surface area (Å²) in [5, 5.41) is 50.6. The first-order valence-electron chi connectivity index (χ1n) is 30.4.